The molecule has 0 aromatic carbocycles. The fourth-order valence-corrected chi connectivity index (χ4v) is 3.22. The highest BCUT2D eigenvalue weighted by molar-refractivity contribution is 5.85. The molecule has 0 radical (unpaired) electrons. The summed E-state index contributed by atoms with van der Waals surface area (Å²) in [7, 11) is 0. The minimum atomic E-state index is -0.877. The van der Waals surface area contributed by atoms with Crippen LogP contribution < -0.4 is 5.32 Å². The Morgan fingerprint density at radius 1 is 1.36 bits per heavy atom. The Morgan fingerprint density at radius 2 is 2.14 bits per heavy atom. The standard InChI is InChI=1S/C15H24N2O5/c1-2-6-16-12(18)3-4-13(19)17-8-11-9-22-7-5-15(11,10-17)14(20)21/h11H,2-10H2,1H3,(H,16,18)(H,20,21)/t11-,15+/m0/s1. The maximum absolute atomic E-state index is 12.2. The Hall–Kier alpha value is -1.63. The van der Waals surface area contributed by atoms with Crippen molar-refractivity contribution in [2.75, 3.05) is 32.8 Å². The summed E-state index contributed by atoms with van der Waals surface area (Å²) in [5, 5.41) is 12.3. The minimum Gasteiger partial charge on any atom is -0.481 e. The summed E-state index contributed by atoms with van der Waals surface area (Å²) in [4.78, 5) is 37.0. The Balaban J connectivity index is 1.89. The third-order valence-electron chi connectivity index (χ3n) is 4.62. The number of carboxylic acids is 1. The van der Waals surface area contributed by atoms with Crippen LogP contribution in [0.15, 0.2) is 0 Å². The van der Waals surface area contributed by atoms with Gasteiger partial charge in [-0.2, -0.15) is 0 Å². The molecule has 2 amide bonds. The van der Waals surface area contributed by atoms with Crippen LogP contribution in [0.4, 0.5) is 0 Å². The van der Waals surface area contributed by atoms with Crippen molar-refractivity contribution >= 4 is 17.8 Å². The van der Waals surface area contributed by atoms with E-state index in [1.807, 2.05) is 6.92 Å². The van der Waals surface area contributed by atoms with Crippen molar-refractivity contribution in [1.29, 1.82) is 0 Å². The van der Waals surface area contributed by atoms with E-state index in [1.54, 1.807) is 4.90 Å². The predicted molar refractivity (Wildman–Crippen MR) is 78.1 cm³/mol. The van der Waals surface area contributed by atoms with Crippen molar-refractivity contribution in [3.8, 4) is 0 Å². The van der Waals surface area contributed by atoms with Crippen molar-refractivity contribution < 1.29 is 24.2 Å². The molecule has 2 N–H and O–H groups in total. The van der Waals surface area contributed by atoms with E-state index in [0.717, 1.165) is 6.42 Å². The molecule has 2 saturated heterocycles. The third kappa shape index (κ3) is 3.40. The molecule has 7 nitrogen and oxygen atoms in total. The van der Waals surface area contributed by atoms with Crippen LogP contribution in [0.5, 0.6) is 0 Å². The molecule has 2 aliphatic rings. The molecule has 0 aromatic rings. The van der Waals surface area contributed by atoms with Gasteiger partial charge in [0.15, 0.2) is 0 Å². The van der Waals surface area contributed by atoms with Crippen molar-refractivity contribution in [3.63, 3.8) is 0 Å². The zero-order valence-corrected chi connectivity index (χ0v) is 13.0. The molecule has 7 heteroatoms. The van der Waals surface area contributed by atoms with Gasteiger partial charge in [0.1, 0.15) is 0 Å². The van der Waals surface area contributed by atoms with Gasteiger partial charge >= 0.3 is 5.97 Å². The van der Waals surface area contributed by atoms with Crippen LogP contribution >= 0.6 is 0 Å². The highest BCUT2D eigenvalue weighted by Crippen LogP contribution is 2.42. The smallest absolute Gasteiger partial charge is 0.311 e. The molecule has 2 rings (SSSR count). The summed E-state index contributed by atoms with van der Waals surface area (Å²) in [5.41, 5.74) is -0.877. The van der Waals surface area contributed by atoms with Crippen LogP contribution in [0.3, 0.4) is 0 Å². The summed E-state index contributed by atoms with van der Waals surface area (Å²) >= 11 is 0. The number of nitrogens with zero attached hydrogens (tertiary/aromatic N) is 1. The predicted octanol–water partition coefficient (Wildman–Crippen LogP) is 0.243. The van der Waals surface area contributed by atoms with Crippen LogP contribution in [0, 0.1) is 11.3 Å². The number of aliphatic carboxylic acids is 1. The first-order valence-electron chi connectivity index (χ1n) is 7.85. The second-order valence-electron chi connectivity index (χ2n) is 6.11. The maximum Gasteiger partial charge on any atom is 0.311 e. The van der Waals surface area contributed by atoms with Crippen molar-refractivity contribution in [2.45, 2.75) is 32.6 Å². The molecule has 0 saturated carbocycles. The van der Waals surface area contributed by atoms with E-state index in [1.165, 1.54) is 0 Å². The topological polar surface area (TPSA) is 95.9 Å². The number of carboxylic acid groups (broad SMARTS) is 1. The number of likely N-dealkylation sites (tertiary alicyclic amines) is 1. The van der Waals surface area contributed by atoms with Crippen LogP contribution in [0.2, 0.25) is 0 Å². The van der Waals surface area contributed by atoms with Gasteiger partial charge in [0.25, 0.3) is 0 Å². The van der Waals surface area contributed by atoms with Gasteiger partial charge in [-0.15, -0.1) is 0 Å². The number of amides is 2. The van der Waals surface area contributed by atoms with E-state index in [-0.39, 0.29) is 37.1 Å². The molecule has 124 valence electrons. The normalized spacial score (nSPS) is 27.3. The third-order valence-corrected chi connectivity index (χ3v) is 4.62. The molecule has 22 heavy (non-hydrogen) atoms. The molecule has 0 unspecified atom stereocenters. The molecule has 0 aromatic heterocycles. The average Bonchev–Trinajstić information content (AvgIpc) is 2.91. The van der Waals surface area contributed by atoms with E-state index in [9.17, 15) is 19.5 Å². The van der Waals surface area contributed by atoms with Gasteiger partial charge in [-0.1, -0.05) is 6.92 Å². The molecular formula is C15H24N2O5. The molecule has 0 bridgehead atoms. The van der Waals surface area contributed by atoms with Crippen LogP contribution in [0.25, 0.3) is 0 Å². The van der Waals surface area contributed by atoms with Crippen LogP contribution in [0.1, 0.15) is 32.6 Å². The lowest BCUT2D eigenvalue weighted by molar-refractivity contribution is -0.157. The first kappa shape index (κ1) is 16.7. The van der Waals surface area contributed by atoms with Gasteiger partial charge in [-0.3, -0.25) is 14.4 Å². The Bertz CT molecular complexity index is 453. The van der Waals surface area contributed by atoms with Crippen molar-refractivity contribution in [1.82, 2.24) is 10.2 Å². The highest BCUT2D eigenvalue weighted by Gasteiger charge is 2.54. The first-order chi connectivity index (χ1) is 10.5. The van der Waals surface area contributed by atoms with Gasteiger partial charge in [0, 0.05) is 45.0 Å². The van der Waals surface area contributed by atoms with E-state index >= 15 is 0 Å². The number of carbonyl (C=O) groups is 3. The van der Waals surface area contributed by atoms with E-state index < -0.39 is 11.4 Å². The molecule has 2 aliphatic heterocycles. The number of nitrogens with one attached hydrogen (secondary N) is 1. The second kappa shape index (κ2) is 7.09. The molecule has 2 atom stereocenters. The Kier molecular flexibility index (Phi) is 5.39. The number of rotatable bonds is 6. The van der Waals surface area contributed by atoms with Crippen LogP contribution in [-0.2, 0) is 19.1 Å². The van der Waals surface area contributed by atoms with Gasteiger partial charge < -0.3 is 20.1 Å². The van der Waals surface area contributed by atoms with Gasteiger partial charge in [0.2, 0.25) is 11.8 Å². The molecule has 0 aliphatic carbocycles. The van der Waals surface area contributed by atoms with Crippen molar-refractivity contribution in [2.24, 2.45) is 11.3 Å². The van der Waals surface area contributed by atoms with E-state index in [2.05, 4.69) is 5.32 Å². The Morgan fingerprint density at radius 3 is 2.77 bits per heavy atom. The number of carbonyl (C=O) groups excluding carboxylic acids is 2. The number of hydrogen-bond acceptors (Lipinski definition) is 4. The number of ether oxygens (including phenoxy) is 1. The summed E-state index contributed by atoms with van der Waals surface area (Å²) < 4.78 is 5.36. The largest absolute Gasteiger partial charge is 0.481 e. The maximum atomic E-state index is 12.2. The van der Waals surface area contributed by atoms with E-state index in [0.29, 0.717) is 32.7 Å². The molecule has 0 spiro atoms. The van der Waals surface area contributed by atoms with Gasteiger partial charge in [-0.05, 0) is 12.8 Å². The second-order valence-corrected chi connectivity index (χ2v) is 6.11. The molecule has 2 fully saturated rings. The summed E-state index contributed by atoms with van der Waals surface area (Å²) in [6.45, 7) is 4.01. The monoisotopic (exact) mass is 312 g/mol. The molecular weight excluding hydrogens is 288 g/mol. The zero-order chi connectivity index (χ0) is 16.2. The number of fused-ring (bicyclic) bond motifs is 1. The highest BCUT2D eigenvalue weighted by atomic mass is 16.5. The first-order valence-corrected chi connectivity index (χ1v) is 7.85. The zero-order valence-electron chi connectivity index (χ0n) is 13.0. The fourth-order valence-electron chi connectivity index (χ4n) is 3.22. The van der Waals surface area contributed by atoms with Gasteiger partial charge in [0.05, 0.1) is 12.0 Å². The SMILES string of the molecule is CCCNC(=O)CCC(=O)N1C[C@H]2COCC[C@@]2(C(=O)O)C1. The summed E-state index contributed by atoms with van der Waals surface area (Å²) in [6.07, 6.45) is 1.57. The summed E-state index contributed by atoms with van der Waals surface area (Å²) in [5.74, 6) is -1.29. The van der Waals surface area contributed by atoms with Crippen molar-refractivity contribution in [3.05, 3.63) is 0 Å². The average molecular weight is 312 g/mol. The van der Waals surface area contributed by atoms with Crippen LogP contribution in [-0.4, -0.2) is 60.6 Å². The quantitative estimate of drug-likeness (QED) is 0.732. The van der Waals surface area contributed by atoms with E-state index in [4.69, 9.17) is 4.74 Å². The Labute approximate surface area is 130 Å². The molecule has 2 heterocycles. The van der Waals surface area contributed by atoms with Gasteiger partial charge in [-0.25, -0.2) is 0 Å². The lowest BCUT2D eigenvalue weighted by Gasteiger charge is -2.33. The lowest BCUT2D eigenvalue weighted by atomic mass is 9.74. The lowest BCUT2D eigenvalue weighted by Crippen LogP contribution is -2.45. The summed E-state index contributed by atoms with van der Waals surface area (Å²) in [6, 6.07) is 0. The number of hydrogen-bond donors (Lipinski definition) is 2. The fraction of sp³-hybridized carbons (Fsp3) is 0.800. The minimum absolute atomic E-state index is 0.124.